The van der Waals surface area contributed by atoms with E-state index < -0.39 is 0 Å². The molecule has 0 amide bonds. The maximum atomic E-state index is 8.62. The largest absolute Gasteiger partial charge is 0.494 e. The molecule has 0 atom stereocenters. The number of benzene rings is 1. The summed E-state index contributed by atoms with van der Waals surface area (Å²) in [6.45, 7) is 3.07. The van der Waals surface area contributed by atoms with E-state index in [1.807, 2.05) is 24.3 Å². The Morgan fingerprint density at radius 1 is 0.818 bits per heavy atom. The summed E-state index contributed by atoms with van der Waals surface area (Å²) in [4.78, 5) is 0. The minimum absolute atomic E-state index is 0.471. The van der Waals surface area contributed by atoms with Crippen LogP contribution < -0.4 is 4.74 Å². The summed E-state index contributed by atoms with van der Waals surface area (Å²) >= 11 is 0. The van der Waals surface area contributed by atoms with Crippen molar-refractivity contribution in [1.82, 2.24) is 0 Å². The zero-order chi connectivity index (χ0) is 15.9. The van der Waals surface area contributed by atoms with Gasteiger partial charge in [0.2, 0.25) is 0 Å². The standard InChI is InChI=1S/C20H31NO/c1-2-3-4-5-6-7-8-9-10-11-18-22-20-14-12-19(13-15-20)16-17-21/h12-15H,2-11,16,18H2,1H3. The average molecular weight is 301 g/mol. The maximum Gasteiger partial charge on any atom is 0.119 e. The molecule has 1 rings (SSSR count). The van der Waals surface area contributed by atoms with E-state index in [9.17, 15) is 0 Å². The Balaban J connectivity index is 1.92. The molecule has 0 unspecified atom stereocenters. The lowest BCUT2D eigenvalue weighted by Gasteiger charge is -2.06. The molecule has 0 aromatic heterocycles. The second-order valence-corrected chi connectivity index (χ2v) is 6.01. The number of ether oxygens (including phenoxy) is 1. The highest BCUT2D eigenvalue weighted by molar-refractivity contribution is 5.28. The zero-order valence-electron chi connectivity index (χ0n) is 14.2. The van der Waals surface area contributed by atoms with Crippen LogP contribution in [-0.2, 0) is 6.42 Å². The van der Waals surface area contributed by atoms with Crippen molar-refractivity contribution in [3.8, 4) is 11.8 Å². The van der Waals surface area contributed by atoms with Crippen molar-refractivity contribution in [3.63, 3.8) is 0 Å². The Morgan fingerprint density at radius 3 is 1.91 bits per heavy atom. The average Bonchev–Trinajstić information content (AvgIpc) is 2.54. The summed E-state index contributed by atoms with van der Waals surface area (Å²) in [7, 11) is 0. The summed E-state index contributed by atoms with van der Waals surface area (Å²) in [6, 6.07) is 10.0. The van der Waals surface area contributed by atoms with Crippen LogP contribution in [0.4, 0.5) is 0 Å². The van der Waals surface area contributed by atoms with Crippen LogP contribution in [0, 0.1) is 11.3 Å². The quantitative estimate of drug-likeness (QED) is 0.415. The molecule has 1 aromatic carbocycles. The van der Waals surface area contributed by atoms with Gasteiger partial charge in [0.25, 0.3) is 0 Å². The lowest BCUT2D eigenvalue weighted by molar-refractivity contribution is 0.304. The Hall–Kier alpha value is -1.49. The number of unbranched alkanes of at least 4 members (excludes halogenated alkanes) is 9. The summed E-state index contributed by atoms with van der Waals surface area (Å²) in [5.41, 5.74) is 1.05. The van der Waals surface area contributed by atoms with Crippen LogP contribution in [0.25, 0.3) is 0 Å². The van der Waals surface area contributed by atoms with Crippen LogP contribution in [0.3, 0.4) is 0 Å². The van der Waals surface area contributed by atoms with E-state index in [4.69, 9.17) is 10.00 Å². The molecule has 0 aliphatic heterocycles. The van der Waals surface area contributed by atoms with E-state index in [2.05, 4.69) is 13.0 Å². The molecule has 0 saturated carbocycles. The van der Waals surface area contributed by atoms with E-state index in [1.165, 1.54) is 57.8 Å². The van der Waals surface area contributed by atoms with Crippen LogP contribution in [0.5, 0.6) is 5.75 Å². The van der Waals surface area contributed by atoms with Crippen LogP contribution in [-0.4, -0.2) is 6.61 Å². The highest BCUT2D eigenvalue weighted by atomic mass is 16.5. The third-order valence-corrected chi connectivity index (χ3v) is 3.97. The molecule has 0 radical (unpaired) electrons. The molecular weight excluding hydrogens is 270 g/mol. The highest BCUT2D eigenvalue weighted by Crippen LogP contribution is 2.14. The predicted molar refractivity (Wildman–Crippen MR) is 93.1 cm³/mol. The molecule has 1 aromatic rings. The minimum atomic E-state index is 0.471. The summed E-state index contributed by atoms with van der Waals surface area (Å²) in [5, 5.41) is 8.62. The van der Waals surface area contributed by atoms with E-state index in [0.29, 0.717) is 6.42 Å². The molecule has 0 fully saturated rings. The lowest BCUT2D eigenvalue weighted by atomic mass is 10.1. The van der Waals surface area contributed by atoms with Crippen molar-refractivity contribution < 1.29 is 4.74 Å². The molecule has 0 N–H and O–H groups in total. The first-order valence-corrected chi connectivity index (χ1v) is 8.95. The molecule has 0 heterocycles. The SMILES string of the molecule is CCCCCCCCCCCCOc1ccc(CC#N)cc1. The van der Waals surface area contributed by atoms with Crippen LogP contribution in [0.2, 0.25) is 0 Å². The molecule has 0 aliphatic rings. The Labute approximate surface area is 136 Å². The third-order valence-electron chi connectivity index (χ3n) is 3.97. The van der Waals surface area contributed by atoms with Gasteiger partial charge >= 0.3 is 0 Å². The normalized spacial score (nSPS) is 10.4. The second-order valence-electron chi connectivity index (χ2n) is 6.01. The van der Waals surface area contributed by atoms with Crippen molar-refractivity contribution in [2.45, 2.75) is 77.6 Å². The van der Waals surface area contributed by atoms with Gasteiger partial charge < -0.3 is 4.74 Å². The fourth-order valence-corrected chi connectivity index (χ4v) is 2.57. The Kier molecular flexibility index (Phi) is 11.1. The zero-order valence-corrected chi connectivity index (χ0v) is 14.2. The summed E-state index contributed by atoms with van der Waals surface area (Å²) < 4.78 is 5.73. The first-order chi connectivity index (χ1) is 10.9. The monoisotopic (exact) mass is 301 g/mol. The fourth-order valence-electron chi connectivity index (χ4n) is 2.57. The molecular formula is C20H31NO. The van der Waals surface area contributed by atoms with E-state index >= 15 is 0 Å². The van der Waals surface area contributed by atoms with Crippen molar-refractivity contribution in [3.05, 3.63) is 29.8 Å². The molecule has 22 heavy (non-hydrogen) atoms. The lowest BCUT2D eigenvalue weighted by Crippen LogP contribution is -1.97. The molecule has 0 bridgehead atoms. The first-order valence-electron chi connectivity index (χ1n) is 8.95. The number of nitriles is 1. The molecule has 2 nitrogen and oxygen atoms in total. The molecule has 0 saturated heterocycles. The van der Waals surface area contributed by atoms with Gasteiger partial charge in [-0.2, -0.15) is 5.26 Å². The number of hydrogen-bond acceptors (Lipinski definition) is 2. The van der Waals surface area contributed by atoms with Gasteiger partial charge in [-0.3, -0.25) is 0 Å². The van der Waals surface area contributed by atoms with Crippen molar-refractivity contribution >= 4 is 0 Å². The summed E-state index contributed by atoms with van der Waals surface area (Å²) in [5.74, 6) is 0.914. The molecule has 2 heteroatoms. The third kappa shape index (κ3) is 9.45. The smallest absolute Gasteiger partial charge is 0.119 e. The van der Waals surface area contributed by atoms with Gasteiger partial charge in [0.1, 0.15) is 5.75 Å². The van der Waals surface area contributed by atoms with Gasteiger partial charge in [0.05, 0.1) is 19.1 Å². The Morgan fingerprint density at radius 2 is 1.36 bits per heavy atom. The van der Waals surface area contributed by atoms with E-state index in [1.54, 1.807) is 0 Å². The minimum Gasteiger partial charge on any atom is -0.494 e. The van der Waals surface area contributed by atoms with Gasteiger partial charge in [-0.25, -0.2) is 0 Å². The highest BCUT2D eigenvalue weighted by Gasteiger charge is 1.96. The van der Waals surface area contributed by atoms with E-state index in [0.717, 1.165) is 24.3 Å². The second kappa shape index (κ2) is 13.2. The Bertz CT molecular complexity index is 405. The van der Waals surface area contributed by atoms with Gasteiger partial charge in [-0.05, 0) is 24.1 Å². The van der Waals surface area contributed by atoms with E-state index in [-0.39, 0.29) is 0 Å². The molecule has 0 spiro atoms. The van der Waals surface area contributed by atoms with Gasteiger partial charge in [-0.15, -0.1) is 0 Å². The van der Waals surface area contributed by atoms with Crippen LogP contribution in [0.1, 0.15) is 76.7 Å². The van der Waals surface area contributed by atoms with Gasteiger partial charge in [0.15, 0.2) is 0 Å². The summed E-state index contributed by atoms with van der Waals surface area (Å²) in [6.07, 6.45) is 13.9. The predicted octanol–water partition coefficient (Wildman–Crippen LogP) is 6.05. The van der Waals surface area contributed by atoms with Crippen molar-refractivity contribution in [2.75, 3.05) is 6.61 Å². The topological polar surface area (TPSA) is 33.0 Å². The number of hydrogen-bond donors (Lipinski definition) is 0. The van der Waals surface area contributed by atoms with Crippen LogP contribution in [0.15, 0.2) is 24.3 Å². The van der Waals surface area contributed by atoms with Crippen molar-refractivity contribution in [1.29, 1.82) is 5.26 Å². The first kappa shape index (κ1) is 18.6. The van der Waals surface area contributed by atoms with Crippen molar-refractivity contribution in [2.24, 2.45) is 0 Å². The molecule has 0 aliphatic carbocycles. The molecule has 122 valence electrons. The number of nitrogens with zero attached hydrogens (tertiary/aromatic N) is 1. The number of rotatable bonds is 13. The maximum absolute atomic E-state index is 8.62. The van der Waals surface area contributed by atoms with Gasteiger partial charge in [0, 0.05) is 0 Å². The van der Waals surface area contributed by atoms with Gasteiger partial charge in [-0.1, -0.05) is 76.8 Å². The van der Waals surface area contributed by atoms with Crippen LogP contribution >= 0.6 is 0 Å². The fraction of sp³-hybridized carbons (Fsp3) is 0.650.